The standard InChI is InChI=1S/C18H16N2O/c1-13-7-6-10-17(14(13)2)18(21)15-11-19-20(12-15)16-8-4-3-5-9-16/h3-12H,1-2H3. The maximum atomic E-state index is 12.6. The molecule has 0 spiro atoms. The average Bonchev–Trinajstić information content (AvgIpc) is 3.00. The summed E-state index contributed by atoms with van der Waals surface area (Å²) in [6.07, 6.45) is 3.40. The largest absolute Gasteiger partial charge is 0.288 e. The third-order valence-corrected chi connectivity index (χ3v) is 3.71. The SMILES string of the molecule is Cc1cccc(C(=O)c2cnn(-c3ccccc3)c2)c1C. The first-order valence-electron chi connectivity index (χ1n) is 6.88. The molecule has 0 radical (unpaired) electrons. The first kappa shape index (κ1) is 13.3. The first-order valence-corrected chi connectivity index (χ1v) is 6.88. The molecule has 0 atom stereocenters. The van der Waals surface area contributed by atoms with Gasteiger partial charge in [-0.05, 0) is 37.1 Å². The maximum Gasteiger partial charge on any atom is 0.196 e. The molecule has 2 aromatic carbocycles. The van der Waals surface area contributed by atoms with Gasteiger partial charge in [0, 0.05) is 11.8 Å². The summed E-state index contributed by atoms with van der Waals surface area (Å²) in [7, 11) is 0. The minimum absolute atomic E-state index is 0.0124. The summed E-state index contributed by atoms with van der Waals surface area (Å²) >= 11 is 0. The molecule has 0 fully saturated rings. The van der Waals surface area contributed by atoms with Crippen molar-refractivity contribution in [2.75, 3.05) is 0 Å². The van der Waals surface area contributed by atoms with E-state index in [0.717, 1.165) is 22.4 Å². The van der Waals surface area contributed by atoms with Crippen LogP contribution in [0.4, 0.5) is 0 Å². The summed E-state index contributed by atoms with van der Waals surface area (Å²) in [5.74, 6) is 0.0124. The fraction of sp³-hybridized carbons (Fsp3) is 0.111. The molecule has 0 amide bonds. The molecule has 3 aromatic rings. The third kappa shape index (κ3) is 2.50. The zero-order valence-corrected chi connectivity index (χ0v) is 12.1. The highest BCUT2D eigenvalue weighted by atomic mass is 16.1. The van der Waals surface area contributed by atoms with Crippen molar-refractivity contribution in [2.24, 2.45) is 0 Å². The molecule has 1 aromatic heterocycles. The molecule has 0 aliphatic heterocycles. The van der Waals surface area contributed by atoms with E-state index in [-0.39, 0.29) is 5.78 Å². The monoisotopic (exact) mass is 276 g/mol. The summed E-state index contributed by atoms with van der Waals surface area (Å²) in [5, 5.41) is 4.28. The van der Waals surface area contributed by atoms with E-state index in [4.69, 9.17) is 0 Å². The van der Waals surface area contributed by atoms with Gasteiger partial charge in [0.15, 0.2) is 5.78 Å². The number of rotatable bonds is 3. The number of hydrogen-bond donors (Lipinski definition) is 0. The van der Waals surface area contributed by atoms with Crippen molar-refractivity contribution in [1.82, 2.24) is 9.78 Å². The lowest BCUT2D eigenvalue weighted by Crippen LogP contribution is -2.03. The zero-order valence-electron chi connectivity index (χ0n) is 12.1. The summed E-state index contributed by atoms with van der Waals surface area (Å²) in [5.41, 5.74) is 4.43. The molecule has 104 valence electrons. The van der Waals surface area contributed by atoms with Crippen molar-refractivity contribution < 1.29 is 4.79 Å². The second kappa shape index (κ2) is 5.37. The Morgan fingerprint density at radius 2 is 1.76 bits per heavy atom. The molecule has 3 nitrogen and oxygen atoms in total. The zero-order chi connectivity index (χ0) is 14.8. The predicted molar refractivity (Wildman–Crippen MR) is 82.9 cm³/mol. The molecule has 0 N–H and O–H groups in total. The lowest BCUT2D eigenvalue weighted by Gasteiger charge is -2.06. The van der Waals surface area contributed by atoms with Gasteiger partial charge in [0.2, 0.25) is 0 Å². The Kier molecular flexibility index (Phi) is 3.40. The second-order valence-electron chi connectivity index (χ2n) is 5.09. The van der Waals surface area contributed by atoms with Gasteiger partial charge in [-0.25, -0.2) is 4.68 Å². The minimum atomic E-state index is 0.0124. The molecule has 3 rings (SSSR count). The second-order valence-corrected chi connectivity index (χ2v) is 5.09. The normalized spacial score (nSPS) is 10.6. The van der Waals surface area contributed by atoms with Gasteiger partial charge in [-0.1, -0.05) is 36.4 Å². The van der Waals surface area contributed by atoms with Crippen molar-refractivity contribution in [3.05, 3.63) is 83.2 Å². The quantitative estimate of drug-likeness (QED) is 0.683. The number of aryl methyl sites for hydroxylation is 1. The molecular formula is C18H16N2O. The number of carbonyl (C=O) groups excluding carboxylic acids is 1. The van der Waals surface area contributed by atoms with Crippen LogP contribution < -0.4 is 0 Å². The third-order valence-electron chi connectivity index (χ3n) is 3.71. The smallest absolute Gasteiger partial charge is 0.196 e. The van der Waals surface area contributed by atoms with Crippen LogP contribution in [0.15, 0.2) is 60.9 Å². The van der Waals surface area contributed by atoms with Gasteiger partial charge in [-0.15, -0.1) is 0 Å². The van der Waals surface area contributed by atoms with E-state index >= 15 is 0 Å². The van der Waals surface area contributed by atoms with Gasteiger partial charge in [-0.3, -0.25) is 4.79 Å². The van der Waals surface area contributed by atoms with E-state index in [1.807, 2.05) is 62.4 Å². The van der Waals surface area contributed by atoms with Crippen molar-refractivity contribution in [3.8, 4) is 5.69 Å². The number of benzene rings is 2. The van der Waals surface area contributed by atoms with E-state index in [1.165, 1.54) is 0 Å². The summed E-state index contributed by atoms with van der Waals surface area (Å²) in [4.78, 5) is 12.6. The van der Waals surface area contributed by atoms with Crippen LogP contribution in [0.2, 0.25) is 0 Å². The molecule has 3 heteroatoms. The molecule has 0 aliphatic carbocycles. The van der Waals surface area contributed by atoms with Gasteiger partial charge >= 0.3 is 0 Å². The molecule has 0 unspecified atom stereocenters. The molecule has 0 aliphatic rings. The van der Waals surface area contributed by atoms with Crippen molar-refractivity contribution >= 4 is 5.78 Å². The molecule has 21 heavy (non-hydrogen) atoms. The van der Waals surface area contributed by atoms with E-state index in [9.17, 15) is 4.79 Å². The van der Waals surface area contributed by atoms with Crippen LogP contribution >= 0.6 is 0 Å². The number of aromatic nitrogens is 2. The number of carbonyl (C=O) groups is 1. The Balaban J connectivity index is 1.97. The highest BCUT2D eigenvalue weighted by molar-refractivity contribution is 6.09. The average molecular weight is 276 g/mol. The van der Waals surface area contributed by atoms with Crippen LogP contribution in [0.25, 0.3) is 5.69 Å². The van der Waals surface area contributed by atoms with Crippen LogP contribution in [0.5, 0.6) is 0 Å². The van der Waals surface area contributed by atoms with E-state index < -0.39 is 0 Å². The van der Waals surface area contributed by atoms with Gasteiger partial charge in [0.25, 0.3) is 0 Å². The Hall–Kier alpha value is -2.68. The van der Waals surface area contributed by atoms with Crippen LogP contribution in [-0.4, -0.2) is 15.6 Å². The van der Waals surface area contributed by atoms with Gasteiger partial charge in [0.05, 0.1) is 17.4 Å². The van der Waals surface area contributed by atoms with Gasteiger partial charge < -0.3 is 0 Å². The molecular weight excluding hydrogens is 260 g/mol. The number of ketones is 1. The Morgan fingerprint density at radius 1 is 1.00 bits per heavy atom. The van der Waals surface area contributed by atoms with Gasteiger partial charge in [-0.2, -0.15) is 5.10 Å². The number of para-hydroxylation sites is 1. The van der Waals surface area contributed by atoms with Crippen molar-refractivity contribution in [3.63, 3.8) is 0 Å². The summed E-state index contributed by atoms with van der Waals surface area (Å²) < 4.78 is 1.72. The van der Waals surface area contributed by atoms with Crippen LogP contribution in [-0.2, 0) is 0 Å². The summed E-state index contributed by atoms with van der Waals surface area (Å²) in [6, 6.07) is 15.6. The Morgan fingerprint density at radius 3 is 2.52 bits per heavy atom. The highest BCUT2D eigenvalue weighted by Gasteiger charge is 2.14. The predicted octanol–water partition coefficient (Wildman–Crippen LogP) is 3.72. The Bertz CT molecular complexity index is 788. The highest BCUT2D eigenvalue weighted by Crippen LogP contribution is 2.17. The first-order chi connectivity index (χ1) is 10.2. The van der Waals surface area contributed by atoms with Crippen molar-refractivity contribution in [1.29, 1.82) is 0 Å². The van der Waals surface area contributed by atoms with Crippen LogP contribution in [0.3, 0.4) is 0 Å². The lowest BCUT2D eigenvalue weighted by atomic mass is 9.98. The molecule has 0 saturated carbocycles. The Labute approximate surface area is 123 Å². The van der Waals surface area contributed by atoms with Crippen LogP contribution in [0, 0.1) is 13.8 Å². The fourth-order valence-corrected chi connectivity index (χ4v) is 2.31. The minimum Gasteiger partial charge on any atom is -0.288 e. The summed E-state index contributed by atoms with van der Waals surface area (Å²) in [6.45, 7) is 3.99. The number of hydrogen-bond acceptors (Lipinski definition) is 2. The van der Waals surface area contributed by atoms with E-state index in [2.05, 4.69) is 5.10 Å². The maximum absolute atomic E-state index is 12.6. The molecule has 0 saturated heterocycles. The van der Waals surface area contributed by atoms with Crippen LogP contribution in [0.1, 0.15) is 27.0 Å². The molecule has 1 heterocycles. The van der Waals surface area contributed by atoms with E-state index in [1.54, 1.807) is 17.1 Å². The number of nitrogens with zero attached hydrogens (tertiary/aromatic N) is 2. The van der Waals surface area contributed by atoms with Gasteiger partial charge in [0.1, 0.15) is 0 Å². The fourth-order valence-electron chi connectivity index (χ4n) is 2.31. The lowest BCUT2D eigenvalue weighted by molar-refractivity contribution is 0.103. The van der Waals surface area contributed by atoms with E-state index in [0.29, 0.717) is 5.56 Å². The van der Waals surface area contributed by atoms with Crippen molar-refractivity contribution in [2.45, 2.75) is 13.8 Å². The topological polar surface area (TPSA) is 34.9 Å². The molecule has 0 bridgehead atoms.